The van der Waals surface area contributed by atoms with Crippen molar-refractivity contribution in [3.63, 3.8) is 0 Å². The molecule has 2 unspecified atom stereocenters. The molecule has 2 atom stereocenters. The lowest BCUT2D eigenvalue weighted by molar-refractivity contribution is 0.116. The van der Waals surface area contributed by atoms with Gasteiger partial charge in [0, 0.05) is 39.3 Å². The molecule has 0 bridgehead atoms. The van der Waals surface area contributed by atoms with Gasteiger partial charge in [0.25, 0.3) is 0 Å². The van der Waals surface area contributed by atoms with E-state index in [1.165, 1.54) is 0 Å². The maximum absolute atomic E-state index is 9.75. The Bertz CT molecular complexity index is 215. The van der Waals surface area contributed by atoms with Crippen molar-refractivity contribution in [2.24, 2.45) is 5.92 Å². The lowest BCUT2D eigenvalue weighted by Gasteiger charge is -2.25. The van der Waals surface area contributed by atoms with Crippen LogP contribution in [0.1, 0.15) is 20.3 Å². The first-order chi connectivity index (χ1) is 8.24. The van der Waals surface area contributed by atoms with Crippen molar-refractivity contribution in [1.82, 2.24) is 15.5 Å². The van der Waals surface area contributed by atoms with Crippen LogP contribution in [0, 0.1) is 5.92 Å². The van der Waals surface area contributed by atoms with E-state index in [2.05, 4.69) is 35.5 Å². The molecule has 4 heteroatoms. The molecular formula is C13H27N3O. The number of aliphatic hydroxyl groups is 1. The second-order valence-corrected chi connectivity index (χ2v) is 4.81. The van der Waals surface area contributed by atoms with E-state index in [-0.39, 0.29) is 6.10 Å². The Kier molecular flexibility index (Phi) is 7.24. The molecule has 1 aliphatic heterocycles. The Morgan fingerprint density at radius 3 is 2.76 bits per heavy atom. The molecular weight excluding hydrogens is 214 g/mol. The third-order valence-corrected chi connectivity index (χ3v) is 3.44. The molecule has 0 spiro atoms. The third-order valence-electron chi connectivity index (χ3n) is 3.44. The molecule has 1 rings (SSSR count). The fourth-order valence-electron chi connectivity index (χ4n) is 1.84. The zero-order valence-electron chi connectivity index (χ0n) is 11.2. The van der Waals surface area contributed by atoms with E-state index in [1.807, 2.05) is 6.20 Å². The SMILES string of the molecule is CCC(C)C(O)CN/C=C/CN1CCNCC1. The monoisotopic (exact) mass is 241 g/mol. The van der Waals surface area contributed by atoms with Crippen molar-refractivity contribution in [1.29, 1.82) is 0 Å². The van der Waals surface area contributed by atoms with Gasteiger partial charge in [-0.05, 0) is 12.1 Å². The smallest absolute Gasteiger partial charge is 0.0737 e. The molecule has 0 saturated carbocycles. The zero-order valence-corrected chi connectivity index (χ0v) is 11.2. The van der Waals surface area contributed by atoms with Crippen LogP contribution in [-0.4, -0.2) is 55.4 Å². The predicted octanol–water partition coefficient (Wildman–Crippen LogP) is 0.402. The van der Waals surface area contributed by atoms with Gasteiger partial charge in [0.1, 0.15) is 0 Å². The van der Waals surface area contributed by atoms with Crippen molar-refractivity contribution < 1.29 is 5.11 Å². The Labute approximate surface area is 105 Å². The molecule has 0 aromatic carbocycles. The highest BCUT2D eigenvalue weighted by molar-refractivity contribution is 4.85. The second-order valence-electron chi connectivity index (χ2n) is 4.81. The number of hydrogen-bond donors (Lipinski definition) is 3. The first-order valence-electron chi connectivity index (χ1n) is 6.73. The van der Waals surface area contributed by atoms with E-state index in [1.54, 1.807) is 0 Å². The van der Waals surface area contributed by atoms with E-state index in [9.17, 15) is 5.11 Å². The summed E-state index contributed by atoms with van der Waals surface area (Å²) in [7, 11) is 0. The van der Waals surface area contributed by atoms with Crippen LogP contribution in [0.5, 0.6) is 0 Å². The fourth-order valence-corrected chi connectivity index (χ4v) is 1.84. The van der Waals surface area contributed by atoms with Gasteiger partial charge in [0.2, 0.25) is 0 Å². The summed E-state index contributed by atoms with van der Waals surface area (Å²) in [4.78, 5) is 2.42. The van der Waals surface area contributed by atoms with Gasteiger partial charge < -0.3 is 15.7 Å². The number of nitrogens with zero attached hydrogens (tertiary/aromatic N) is 1. The number of nitrogens with one attached hydrogen (secondary N) is 2. The van der Waals surface area contributed by atoms with Crippen LogP contribution >= 0.6 is 0 Å². The van der Waals surface area contributed by atoms with Gasteiger partial charge in [0.05, 0.1) is 6.10 Å². The Morgan fingerprint density at radius 2 is 2.12 bits per heavy atom. The van der Waals surface area contributed by atoms with E-state index >= 15 is 0 Å². The summed E-state index contributed by atoms with van der Waals surface area (Å²) in [6.45, 7) is 10.3. The largest absolute Gasteiger partial charge is 0.391 e. The predicted molar refractivity (Wildman–Crippen MR) is 71.9 cm³/mol. The van der Waals surface area contributed by atoms with Crippen molar-refractivity contribution in [2.75, 3.05) is 39.3 Å². The van der Waals surface area contributed by atoms with Crippen LogP contribution in [0.2, 0.25) is 0 Å². The normalized spacial score (nSPS) is 21.6. The minimum Gasteiger partial charge on any atom is -0.391 e. The first-order valence-corrected chi connectivity index (χ1v) is 6.73. The van der Waals surface area contributed by atoms with Crippen LogP contribution in [-0.2, 0) is 0 Å². The minimum absolute atomic E-state index is 0.246. The van der Waals surface area contributed by atoms with E-state index in [0.29, 0.717) is 12.5 Å². The van der Waals surface area contributed by atoms with Crippen molar-refractivity contribution in [2.45, 2.75) is 26.4 Å². The van der Waals surface area contributed by atoms with Gasteiger partial charge in [-0.2, -0.15) is 0 Å². The maximum Gasteiger partial charge on any atom is 0.0737 e. The van der Waals surface area contributed by atoms with E-state index < -0.39 is 0 Å². The number of aliphatic hydroxyl groups excluding tert-OH is 1. The fraction of sp³-hybridized carbons (Fsp3) is 0.846. The molecule has 3 N–H and O–H groups in total. The van der Waals surface area contributed by atoms with Crippen LogP contribution in [0.3, 0.4) is 0 Å². The zero-order chi connectivity index (χ0) is 12.5. The van der Waals surface area contributed by atoms with E-state index in [4.69, 9.17) is 0 Å². The first kappa shape index (κ1) is 14.5. The summed E-state index contributed by atoms with van der Waals surface area (Å²) in [5, 5.41) is 16.3. The van der Waals surface area contributed by atoms with Gasteiger partial charge in [-0.25, -0.2) is 0 Å². The number of hydrogen-bond acceptors (Lipinski definition) is 4. The van der Waals surface area contributed by atoms with Crippen molar-refractivity contribution >= 4 is 0 Å². The summed E-state index contributed by atoms with van der Waals surface area (Å²) in [5.74, 6) is 0.365. The summed E-state index contributed by atoms with van der Waals surface area (Å²) >= 11 is 0. The lowest BCUT2D eigenvalue weighted by Crippen LogP contribution is -2.43. The van der Waals surface area contributed by atoms with Crippen LogP contribution in [0.15, 0.2) is 12.3 Å². The van der Waals surface area contributed by atoms with Gasteiger partial charge in [-0.3, -0.25) is 4.90 Å². The standard InChI is InChI=1S/C13H27N3O/c1-3-12(2)13(17)11-15-5-4-8-16-9-6-14-7-10-16/h4-5,12-15,17H,3,6-11H2,1-2H3/b5-4+. The molecule has 0 aliphatic carbocycles. The molecule has 0 aromatic heterocycles. The molecule has 0 aromatic rings. The molecule has 0 amide bonds. The third kappa shape index (κ3) is 6.05. The van der Waals surface area contributed by atoms with Gasteiger partial charge in [-0.1, -0.05) is 26.3 Å². The molecule has 100 valence electrons. The molecule has 4 nitrogen and oxygen atoms in total. The van der Waals surface area contributed by atoms with E-state index in [0.717, 1.165) is 39.1 Å². The molecule has 1 heterocycles. The highest BCUT2D eigenvalue weighted by Crippen LogP contribution is 2.05. The molecule has 0 radical (unpaired) electrons. The van der Waals surface area contributed by atoms with Gasteiger partial charge >= 0.3 is 0 Å². The number of piperazine rings is 1. The average molecular weight is 241 g/mol. The molecule has 1 saturated heterocycles. The topological polar surface area (TPSA) is 47.5 Å². The summed E-state index contributed by atoms with van der Waals surface area (Å²) < 4.78 is 0. The van der Waals surface area contributed by atoms with Crippen LogP contribution < -0.4 is 10.6 Å². The highest BCUT2D eigenvalue weighted by atomic mass is 16.3. The molecule has 1 fully saturated rings. The number of rotatable bonds is 7. The average Bonchev–Trinajstić information content (AvgIpc) is 2.38. The minimum atomic E-state index is -0.246. The van der Waals surface area contributed by atoms with Crippen molar-refractivity contribution in [3.8, 4) is 0 Å². The Hall–Kier alpha value is -0.580. The second kappa shape index (κ2) is 8.50. The molecule has 17 heavy (non-hydrogen) atoms. The Morgan fingerprint density at radius 1 is 1.41 bits per heavy atom. The van der Waals surface area contributed by atoms with Gasteiger partial charge in [-0.15, -0.1) is 0 Å². The summed E-state index contributed by atoms with van der Waals surface area (Å²) in [6.07, 6.45) is 4.87. The summed E-state index contributed by atoms with van der Waals surface area (Å²) in [6, 6.07) is 0. The van der Waals surface area contributed by atoms with Gasteiger partial charge in [0.15, 0.2) is 0 Å². The quantitative estimate of drug-likeness (QED) is 0.604. The Balaban J connectivity index is 2.05. The molecule has 1 aliphatic rings. The maximum atomic E-state index is 9.75. The highest BCUT2D eigenvalue weighted by Gasteiger charge is 2.10. The lowest BCUT2D eigenvalue weighted by atomic mass is 10.0. The van der Waals surface area contributed by atoms with Crippen molar-refractivity contribution in [3.05, 3.63) is 12.3 Å². The van der Waals surface area contributed by atoms with Crippen LogP contribution in [0.25, 0.3) is 0 Å². The summed E-state index contributed by atoms with van der Waals surface area (Å²) in [5.41, 5.74) is 0. The van der Waals surface area contributed by atoms with Crippen LogP contribution in [0.4, 0.5) is 0 Å².